The monoisotopic (exact) mass is 332 g/mol. The van der Waals surface area contributed by atoms with E-state index in [1.54, 1.807) is 18.7 Å². The Morgan fingerprint density at radius 3 is 2.62 bits per heavy atom. The highest BCUT2D eigenvalue weighted by molar-refractivity contribution is 5.96. The molecule has 1 aliphatic heterocycles. The van der Waals surface area contributed by atoms with Gasteiger partial charge in [0, 0.05) is 12.5 Å². The summed E-state index contributed by atoms with van der Waals surface area (Å²) in [5.74, 6) is 2.04. The van der Waals surface area contributed by atoms with Gasteiger partial charge >= 0.3 is 0 Å². The number of carbonyl (C=O) groups excluding carboxylic acids is 1. The van der Waals surface area contributed by atoms with Crippen molar-refractivity contribution >= 4 is 5.91 Å². The third-order valence-electron chi connectivity index (χ3n) is 4.47. The van der Waals surface area contributed by atoms with Crippen molar-refractivity contribution in [3.05, 3.63) is 28.7 Å². The van der Waals surface area contributed by atoms with Crippen LogP contribution in [0.25, 0.3) is 0 Å². The zero-order chi connectivity index (χ0) is 16.8. The van der Waals surface area contributed by atoms with E-state index in [-0.39, 0.29) is 12.0 Å². The Balaban J connectivity index is 1.55. The fraction of sp³-hybridized carbons (Fsp3) is 0.625. The molecule has 0 unspecified atom stereocenters. The van der Waals surface area contributed by atoms with Gasteiger partial charge in [-0.2, -0.15) is 4.98 Å². The fourth-order valence-corrected chi connectivity index (χ4v) is 3.09. The number of ether oxygens (including phenoxy) is 1. The molecule has 3 heterocycles. The summed E-state index contributed by atoms with van der Waals surface area (Å²) in [6, 6.07) is 0. The van der Waals surface area contributed by atoms with Crippen LogP contribution >= 0.6 is 0 Å². The highest BCUT2D eigenvalue weighted by Gasteiger charge is 2.36. The zero-order valence-corrected chi connectivity index (χ0v) is 14.0. The van der Waals surface area contributed by atoms with E-state index >= 15 is 0 Å². The van der Waals surface area contributed by atoms with Crippen LogP contribution < -0.4 is 0 Å². The highest BCUT2D eigenvalue weighted by Crippen LogP contribution is 2.39. The molecule has 0 N–H and O–H groups in total. The average Bonchev–Trinajstić information content (AvgIpc) is 3.19. The molecule has 8 heteroatoms. The Kier molecular flexibility index (Phi) is 3.64. The number of nitrogens with zero attached hydrogens (tertiary/aromatic N) is 4. The smallest absolute Gasteiger partial charge is 0.259 e. The second kappa shape index (κ2) is 5.70. The van der Waals surface area contributed by atoms with Crippen molar-refractivity contribution in [1.82, 2.24) is 20.2 Å². The van der Waals surface area contributed by atoms with Crippen LogP contribution in [0, 0.1) is 13.8 Å². The third-order valence-corrected chi connectivity index (χ3v) is 4.47. The van der Waals surface area contributed by atoms with E-state index in [4.69, 9.17) is 13.8 Å². The lowest BCUT2D eigenvalue weighted by Crippen LogP contribution is -2.46. The third kappa shape index (κ3) is 2.71. The molecule has 2 aliphatic rings. The molecule has 8 nitrogen and oxygen atoms in total. The van der Waals surface area contributed by atoms with Crippen LogP contribution in [-0.2, 0) is 4.74 Å². The van der Waals surface area contributed by atoms with Crippen LogP contribution in [0.2, 0.25) is 0 Å². The van der Waals surface area contributed by atoms with Crippen LogP contribution in [0.4, 0.5) is 0 Å². The second-order valence-corrected chi connectivity index (χ2v) is 6.61. The van der Waals surface area contributed by atoms with Crippen molar-refractivity contribution in [2.24, 2.45) is 0 Å². The van der Waals surface area contributed by atoms with E-state index in [1.165, 1.54) is 0 Å². The predicted octanol–water partition coefficient (Wildman–Crippen LogP) is 2.15. The summed E-state index contributed by atoms with van der Waals surface area (Å²) < 4.78 is 16.4. The molecule has 1 saturated heterocycles. The molecular weight excluding hydrogens is 312 g/mol. The van der Waals surface area contributed by atoms with Crippen molar-refractivity contribution < 1.29 is 18.6 Å². The second-order valence-electron chi connectivity index (χ2n) is 6.61. The molecule has 0 spiro atoms. The number of hydrogen-bond acceptors (Lipinski definition) is 7. The molecule has 24 heavy (non-hydrogen) atoms. The molecule has 2 aromatic rings. The minimum atomic E-state index is -0.404. The van der Waals surface area contributed by atoms with Crippen molar-refractivity contribution in [2.75, 3.05) is 13.1 Å². The molecule has 2 fully saturated rings. The van der Waals surface area contributed by atoms with E-state index < -0.39 is 6.10 Å². The van der Waals surface area contributed by atoms with Crippen LogP contribution in [0.3, 0.4) is 0 Å². The number of morpholine rings is 1. The lowest BCUT2D eigenvalue weighted by molar-refractivity contribution is -0.0810. The van der Waals surface area contributed by atoms with Gasteiger partial charge in [-0.1, -0.05) is 10.3 Å². The number of aryl methyl sites for hydroxylation is 2. The van der Waals surface area contributed by atoms with Gasteiger partial charge in [-0.25, -0.2) is 0 Å². The molecular formula is C16H20N4O4. The minimum absolute atomic E-state index is 0.103. The largest absolute Gasteiger partial charge is 0.362 e. The summed E-state index contributed by atoms with van der Waals surface area (Å²) in [5, 5.41) is 7.90. The van der Waals surface area contributed by atoms with Crippen LogP contribution in [0.15, 0.2) is 9.05 Å². The number of hydrogen-bond donors (Lipinski definition) is 0. The summed E-state index contributed by atoms with van der Waals surface area (Å²) in [5.41, 5.74) is 1.12. The number of rotatable bonds is 3. The summed E-state index contributed by atoms with van der Waals surface area (Å²) in [6.45, 7) is 6.32. The van der Waals surface area contributed by atoms with E-state index in [9.17, 15) is 4.79 Å². The molecule has 1 saturated carbocycles. The zero-order valence-electron chi connectivity index (χ0n) is 14.0. The van der Waals surface area contributed by atoms with Crippen molar-refractivity contribution in [1.29, 1.82) is 0 Å². The van der Waals surface area contributed by atoms with E-state index in [1.807, 2.05) is 6.92 Å². The van der Waals surface area contributed by atoms with Crippen LogP contribution in [0.1, 0.15) is 65.3 Å². The first-order valence-electron chi connectivity index (χ1n) is 8.24. The van der Waals surface area contributed by atoms with Gasteiger partial charge < -0.3 is 18.7 Å². The topological polar surface area (TPSA) is 94.5 Å². The predicted molar refractivity (Wildman–Crippen MR) is 81.4 cm³/mol. The Morgan fingerprint density at radius 2 is 1.96 bits per heavy atom. The van der Waals surface area contributed by atoms with Gasteiger partial charge in [-0.15, -0.1) is 0 Å². The van der Waals surface area contributed by atoms with E-state index in [0.717, 1.165) is 18.7 Å². The van der Waals surface area contributed by atoms with Gasteiger partial charge in [0.15, 0.2) is 11.9 Å². The summed E-state index contributed by atoms with van der Waals surface area (Å²) in [7, 11) is 0. The molecule has 2 aromatic heterocycles. The number of amides is 1. The van der Waals surface area contributed by atoms with Crippen molar-refractivity contribution in [3.8, 4) is 0 Å². The first-order chi connectivity index (χ1) is 11.5. The highest BCUT2D eigenvalue weighted by atomic mass is 16.5. The lowest BCUT2D eigenvalue weighted by Gasteiger charge is -2.35. The van der Waals surface area contributed by atoms with E-state index in [2.05, 4.69) is 15.3 Å². The first-order valence-corrected chi connectivity index (χ1v) is 8.24. The molecule has 0 aromatic carbocycles. The Morgan fingerprint density at radius 1 is 1.17 bits per heavy atom. The maximum atomic E-state index is 12.9. The Hall–Kier alpha value is -2.22. The van der Waals surface area contributed by atoms with E-state index in [0.29, 0.717) is 41.9 Å². The number of carbonyl (C=O) groups is 1. The molecule has 0 radical (unpaired) electrons. The minimum Gasteiger partial charge on any atom is -0.362 e. The molecule has 4 rings (SSSR count). The molecule has 0 bridgehead atoms. The summed E-state index contributed by atoms with van der Waals surface area (Å²) in [6.07, 6.45) is 1.69. The van der Waals surface area contributed by atoms with Crippen molar-refractivity contribution in [3.63, 3.8) is 0 Å². The Bertz CT molecular complexity index is 744. The molecule has 128 valence electrons. The fourth-order valence-electron chi connectivity index (χ4n) is 3.09. The quantitative estimate of drug-likeness (QED) is 0.850. The standard InChI is InChI=1S/C16H20N4O4/c1-8-6-20(16(21)13-9(2)18-23-10(13)3)7-12(22-8)15-17-14(19-24-15)11-4-5-11/h8,11-12H,4-7H2,1-3H3/t8-,12-/m1/s1. The van der Waals surface area contributed by atoms with Gasteiger partial charge in [0.2, 0.25) is 0 Å². The van der Waals surface area contributed by atoms with Gasteiger partial charge in [-0.05, 0) is 33.6 Å². The lowest BCUT2D eigenvalue weighted by atomic mass is 10.1. The van der Waals surface area contributed by atoms with Gasteiger partial charge in [0.1, 0.15) is 11.3 Å². The maximum Gasteiger partial charge on any atom is 0.259 e. The summed E-state index contributed by atoms with van der Waals surface area (Å²) >= 11 is 0. The van der Waals surface area contributed by atoms with Gasteiger partial charge in [0.05, 0.1) is 18.3 Å². The van der Waals surface area contributed by atoms with Gasteiger partial charge in [0.25, 0.3) is 11.8 Å². The average molecular weight is 332 g/mol. The molecule has 1 aliphatic carbocycles. The SMILES string of the molecule is Cc1noc(C)c1C(=O)N1C[C@@H](C)O[C@@H](c2nc(C3CC3)no2)C1. The Labute approximate surface area is 139 Å². The maximum absolute atomic E-state index is 12.9. The number of aromatic nitrogens is 3. The summed E-state index contributed by atoms with van der Waals surface area (Å²) in [4.78, 5) is 19.0. The van der Waals surface area contributed by atoms with Gasteiger partial charge in [-0.3, -0.25) is 4.79 Å². The normalized spacial score (nSPS) is 24.4. The van der Waals surface area contributed by atoms with Crippen molar-refractivity contribution in [2.45, 2.75) is 51.7 Å². The molecule has 1 amide bonds. The molecule has 2 atom stereocenters. The van der Waals surface area contributed by atoms with Crippen LogP contribution in [0.5, 0.6) is 0 Å². The first kappa shape index (κ1) is 15.3. The van der Waals surface area contributed by atoms with Crippen LogP contribution in [-0.4, -0.2) is 45.3 Å².